The monoisotopic (exact) mass is 416 g/mol. The number of aromatic amines is 1. The van der Waals surface area contributed by atoms with Gasteiger partial charge in [0.25, 0.3) is 5.56 Å². The molecule has 3 rings (SSSR count). The van der Waals surface area contributed by atoms with Crippen LogP contribution in [-0.4, -0.2) is 54.1 Å². The van der Waals surface area contributed by atoms with E-state index < -0.39 is 0 Å². The molecule has 9 nitrogen and oxygen atoms in total. The van der Waals surface area contributed by atoms with E-state index in [-0.39, 0.29) is 36.1 Å². The Morgan fingerprint density at radius 1 is 1.33 bits per heavy atom. The minimum absolute atomic E-state index is 0.0900. The minimum atomic E-state index is -0.364. The average Bonchev–Trinajstić information content (AvgIpc) is 3.29. The summed E-state index contributed by atoms with van der Waals surface area (Å²) in [5.74, 6) is 1.37. The van der Waals surface area contributed by atoms with Crippen LogP contribution in [0.1, 0.15) is 38.3 Å². The van der Waals surface area contributed by atoms with Crippen molar-refractivity contribution in [3.63, 3.8) is 0 Å². The van der Waals surface area contributed by atoms with Crippen LogP contribution in [0, 0.1) is 0 Å². The molecule has 2 aromatic rings. The number of amides is 1. The lowest BCUT2D eigenvalue weighted by molar-refractivity contribution is -0.121. The molecular weight excluding hydrogens is 388 g/mol. The molecule has 0 radical (unpaired) electrons. The molecule has 1 aromatic carbocycles. The van der Waals surface area contributed by atoms with Crippen LogP contribution in [0.15, 0.2) is 23.0 Å². The number of hydrogen-bond donors (Lipinski definition) is 2. The predicted molar refractivity (Wildman–Crippen MR) is 111 cm³/mol. The van der Waals surface area contributed by atoms with Crippen molar-refractivity contribution in [2.45, 2.75) is 45.1 Å². The Morgan fingerprint density at radius 3 is 2.90 bits per heavy atom. The molecular formula is C21H28N4O5. The molecule has 0 saturated carbocycles. The highest BCUT2D eigenvalue weighted by Crippen LogP contribution is 2.31. The van der Waals surface area contributed by atoms with Crippen molar-refractivity contribution >= 4 is 5.91 Å². The molecule has 162 valence electrons. The van der Waals surface area contributed by atoms with Gasteiger partial charge in [-0.15, -0.1) is 10.2 Å². The zero-order valence-electron chi connectivity index (χ0n) is 17.4. The second-order valence-corrected chi connectivity index (χ2v) is 7.10. The molecule has 0 spiro atoms. The van der Waals surface area contributed by atoms with Crippen LogP contribution in [0.25, 0.3) is 11.4 Å². The summed E-state index contributed by atoms with van der Waals surface area (Å²) in [5.41, 5.74) is 0.513. The van der Waals surface area contributed by atoms with Crippen molar-refractivity contribution in [3.8, 4) is 22.9 Å². The number of aromatic nitrogens is 3. The van der Waals surface area contributed by atoms with Gasteiger partial charge in [-0.1, -0.05) is 6.92 Å². The van der Waals surface area contributed by atoms with Crippen molar-refractivity contribution in [2.75, 3.05) is 26.9 Å². The number of carbonyl (C=O) groups excluding carboxylic acids is 1. The number of benzene rings is 1. The van der Waals surface area contributed by atoms with Crippen LogP contribution in [0.5, 0.6) is 11.5 Å². The van der Waals surface area contributed by atoms with Crippen LogP contribution >= 0.6 is 0 Å². The van der Waals surface area contributed by atoms with Crippen molar-refractivity contribution in [1.82, 2.24) is 20.5 Å². The molecule has 2 heterocycles. The van der Waals surface area contributed by atoms with Gasteiger partial charge in [0, 0.05) is 31.6 Å². The van der Waals surface area contributed by atoms with Gasteiger partial charge in [0.05, 0.1) is 19.8 Å². The second kappa shape index (κ2) is 10.7. The maximum atomic E-state index is 12.4. The molecule has 1 aliphatic rings. The number of H-pyrrole nitrogens is 1. The molecule has 0 unspecified atom stereocenters. The Balaban J connectivity index is 1.60. The van der Waals surface area contributed by atoms with Gasteiger partial charge in [-0.05, 0) is 37.5 Å². The largest absolute Gasteiger partial charge is 0.493 e. The molecule has 1 amide bonds. The maximum absolute atomic E-state index is 12.4. The van der Waals surface area contributed by atoms with Gasteiger partial charge in [0.15, 0.2) is 17.3 Å². The summed E-state index contributed by atoms with van der Waals surface area (Å²) in [5, 5.41) is 11.0. The molecule has 0 aliphatic carbocycles. The smallest absolute Gasteiger partial charge is 0.273 e. The number of nitrogens with zero attached hydrogens (tertiary/aromatic N) is 2. The predicted octanol–water partition coefficient (Wildman–Crippen LogP) is 1.86. The van der Waals surface area contributed by atoms with Crippen molar-refractivity contribution in [2.24, 2.45) is 0 Å². The van der Waals surface area contributed by atoms with Gasteiger partial charge in [-0.2, -0.15) is 0 Å². The summed E-state index contributed by atoms with van der Waals surface area (Å²) in [7, 11) is 1.55. The van der Waals surface area contributed by atoms with E-state index in [2.05, 4.69) is 20.5 Å². The topological polar surface area (TPSA) is 115 Å². The highest BCUT2D eigenvalue weighted by molar-refractivity contribution is 5.76. The lowest BCUT2D eigenvalue weighted by atomic mass is 10.2. The third kappa shape index (κ3) is 5.79. The zero-order chi connectivity index (χ0) is 21.3. The summed E-state index contributed by atoms with van der Waals surface area (Å²) >= 11 is 0. The summed E-state index contributed by atoms with van der Waals surface area (Å²) in [6.07, 6.45) is 3.35. The normalized spacial score (nSPS) is 15.7. The number of methoxy groups -OCH3 is 1. The fourth-order valence-corrected chi connectivity index (χ4v) is 3.15. The van der Waals surface area contributed by atoms with E-state index in [0.29, 0.717) is 36.0 Å². The van der Waals surface area contributed by atoms with Crippen LogP contribution in [0.4, 0.5) is 0 Å². The maximum Gasteiger partial charge on any atom is 0.273 e. The van der Waals surface area contributed by atoms with Crippen molar-refractivity contribution < 1.29 is 19.0 Å². The molecule has 1 saturated heterocycles. The quantitative estimate of drug-likeness (QED) is 0.607. The average molecular weight is 416 g/mol. The zero-order valence-corrected chi connectivity index (χ0v) is 17.4. The summed E-state index contributed by atoms with van der Waals surface area (Å²) in [4.78, 5) is 27.1. The summed E-state index contributed by atoms with van der Waals surface area (Å²) < 4.78 is 16.5. The molecule has 1 aliphatic heterocycles. The van der Waals surface area contributed by atoms with Crippen molar-refractivity contribution in [1.29, 1.82) is 0 Å². The number of ether oxygens (including phenoxy) is 3. The van der Waals surface area contributed by atoms with Gasteiger partial charge < -0.3 is 24.5 Å². The Labute approximate surface area is 175 Å². The number of hydrogen-bond acceptors (Lipinski definition) is 7. The van der Waals surface area contributed by atoms with E-state index in [1.807, 2.05) is 6.92 Å². The summed E-state index contributed by atoms with van der Waals surface area (Å²) in [6, 6.07) is 5.30. The van der Waals surface area contributed by atoms with E-state index >= 15 is 0 Å². The SMILES string of the molecule is CCCOc1ccc(-c2nnc(CCC(=O)NC[C@H]3CCCO3)c(=O)[nH]2)cc1OC. The third-order valence-corrected chi connectivity index (χ3v) is 4.80. The number of carbonyl (C=O) groups is 1. The summed E-state index contributed by atoms with van der Waals surface area (Å²) in [6.45, 7) is 3.86. The Hall–Kier alpha value is -2.94. The fourth-order valence-electron chi connectivity index (χ4n) is 3.15. The van der Waals surface area contributed by atoms with Gasteiger partial charge in [0.2, 0.25) is 5.91 Å². The van der Waals surface area contributed by atoms with Crippen LogP contribution < -0.4 is 20.3 Å². The number of aryl methyl sites for hydroxylation is 1. The number of rotatable bonds is 10. The van der Waals surface area contributed by atoms with Gasteiger partial charge in [0.1, 0.15) is 5.69 Å². The first-order chi connectivity index (χ1) is 14.6. The Morgan fingerprint density at radius 2 is 2.20 bits per heavy atom. The van der Waals surface area contributed by atoms with E-state index in [1.54, 1.807) is 25.3 Å². The molecule has 1 atom stereocenters. The lowest BCUT2D eigenvalue weighted by Crippen LogP contribution is -2.32. The highest BCUT2D eigenvalue weighted by Gasteiger charge is 2.17. The van der Waals surface area contributed by atoms with E-state index in [1.165, 1.54) is 0 Å². The van der Waals surface area contributed by atoms with Gasteiger partial charge in [-0.3, -0.25) is 9.59 Å². The third-order valence-electron chi connectivity index (χ3n) is 4.80. The van der Waals surface area contributed by atoms with Crippen LogP contribution in [0.3, 0.4) is 0 Å². The highest BCUT2D eigenvalue weighted by atomic mass is 16.5. The Bertz CT molecular complexity index is 909. The van der Waals surface area contributed by atoms with Crippen LogP contribution in [-0.2, 0) is 16.0 Å². The molecule has 2 N–H and O–H groups in total. The second-order valence-electron chi connectivity index (χ2n) is 7.10. The first-order valence-electron chi connectivity index (χ1n) is 10.3. The lowest BCUT2D eigenvalue weighted by Gasteiger charge is -2.11. The van der Waals surface area contributed by atoms with Gasteiger partial charge in [-0.25, -0.2) is 0 Å². The van der Waals surface area contributed by atoms with Crippen molar-refractivity contribution in [3.05, 3.63) is 34.2 Å². The number of nitrogens with one attached hydrogen (secondary N) is 2. The fraction of sp³-hybridized carbons (Fsp3) is 0.524. The van der Waals surface area contributed by atoms with Gasteiger partial charge >= 0.3 is 0 Å². The van der Waals surface area contributed by atoms with E-state index in [9.17, 15) is 9.59 Å². The van der Waals surface area contributed by atoms with Crippen LogP contribution in [0.2, 0.25) is 0 Å². The first-order valence-corrected chi connectivity index (χ1v) is 10.3. The molecule has 0 bridgehead atoms. The molecule has 30 heavy (non-hydrogen) atoms. The van der Waals surface area contributed by atoms with E-state index in [0.717, 1.165) is 25.9 Å². The van der Waals surface area contributed by atoms with E-state index in [4.69, 9.17) is 14.2 Å². The molecule has 1 aromatic heterocycles. The first kappa shape index (κ1) is 21.8. The molecule has 9 heteroatoms. The standard InChI is InChI=1S/C21H28N4O5/c1-3-10-30-17-8-6-14(12-18(17)28-2)20-23-21(27)16(24-25-20)7-9-19(26)22-13-15-5-4-11-29-15/h6,8,12,15H,3-5,7,9-11,13H2,1-2H3,(H,22,26)(H,23,25,27)/t15-/m1/s1. The minimum Gasteiger partial charge on any atom is -0.493 e. The Kier molecular flexibility index (Phi) is 7.78. The molecule has 1 fully saturated rings.